The van der Waals surface area contributed by atoms with Crippen LogP contribution in [-0.2, 0) is 17.6 Å². The zero-order valence-electron chi connectivity index (χ0n) is 21.7. The molecule has 1 aliphatic rings. The summed E-state index contributed by atoms with van der Waals surface area (Å²) in [6.45, 7) is 1.73. The summed E-state index contributed by atoms with van der Waals surface area (Å²) >= 11 is 1.13. The summed E-state index contributed by atoms with van der Waals surface area (Å²) in [5.74, 6) is -0.609. The predicted molar refractivity (Wildman–Crippen MR) is 148 cm³/mol. The van der Waals surface area contributed by atoms with Gasteiger partial charge in [-0.3, -0.25) is 9.59 Å². The molecule has 1 aromatic heterocycles. The van der Waals surface area contributed by atoms with Crippen LogP contribution in [0.15, 0.2) is 35.1 Å². The highest BCUT2D eigenvalue weighted by molar-refractivity contribution is 7.16. The molecule has 4 rings (SSSR count). The minimum absolute atomic E-state index is 0.0966. The van der Waals surface area contributed by atoms with E-state index in [0.717, 1.165) is 91.6 Å². The van der Waals surface area contributed by atoms with E-state index in [4.69, 9.17) is 0 Å². The number of hydrogen-bond donors (Lipinski definition) is 3. The first-order valence-electron chi connectivity index (χ1n) is 13.7. The summed E-state index contributed by atoms with van der Waals surface area (Å²) in [5, 5.41) is 13.2. The molecule has 1 saturated carbocycles. The number of thiazole rings is 1. The van der Waals surface area contributed by atoms with Crippen LogP contribution in [-0.4, -0.2) is 46.6 Å². The fourth-order valence-corrected chi connectivity index (χ4v) is 6.27. The Labute approximate surface area is 226 Å². The molecule has 206 valence electrons. The SMILES string of the molecule is O=C(CCNCCc1cc(F)ccc1F)N(CCCCCc1ccc(O)c2[nH]c(=O)sc12)C1CCCCC1. The highest BCUT2D eigenvalue weighted by Gasteiger charge is 2.24. The molecule has 38 heavy (non-hydrogen) atoms. The van der Waals surface area contributed by atoms with Crippen molar-refractivity contribution in [2.45, 2.75) is 76.7 Å². The summed E-state index contributed by atoms with van der Waals surface area (Å²) in [4.78, 5) is 29.5. The van der Waals surface area contributed by atoms with Gasteiger partial charge in [-0.15, -0.1) is 0 Å². The number of fused-ring (bicyclic) bond motifs is 1. The molecule has 6 nitrogen and oxygen atoms in total. The van der Waals surface area contributed by atoms with Gasteiger partial charge in [0.2, 0.25) is 5.91 Å². The molecule has 0 radical (unpaired) electrons. The lowest BCUT2D eigenvalue weighted by molar-refractivity contribution is -0.134. The van der Waals surface area contributed by atoms with Crippen LogP contribution >= 0.6 is 11.3 Å². The first kappa shape index (κ1) is 28.2. The number of phenolic OH excluding ortho intramolecular Hbond substituents is 1. The molecular formula is C29H37F2N3O3S. The molecule has 0 saturated heterocycles. The summed E-state index contributed by atoms with van der Waals surface area (Å²) in [5.41, 5.74) is 1.91. The van der Waals surface area contributed by atoms with Crippen LogP contribution in [0.25, 0.3) is 10.2 Å². The van der Waals surface area contributed by atoms with Crippen LogP contribution in [0.2, 0.25) is 0 Å². The fourth-order valence-electron chi connectivity index (χ4n) is 5.37. The maximum Gasteiger partial charge on any atom is 0.305 e. The number of aromatic nitrogens is 1. The van der Waals surface area contributed by atoms with Gasteiger partial charge < -0.3 is 20.3 Å². The number of amides is 1. The maximum absolute atomic E-state index is 13.8. The number of H-pyrrole nitrogens is 1. The normalized spacial score (nSPS) is 14.3. The standard InChI is InChI=1S/C29H37F2N3O3S/c30-22-11-12-24(31)21(19-22)14-16-32-17-15-26(36)34(23-8-4-1-5-9-23)18-6-2-3-7-20-10-13-25(35)27-28(20)38-29(37)33-27/h10-13,19,23,32,35H,1-9,14-18H2,(H,33,37). The van der Waals surface area contributed by atoms with Crippen molar-refractivity contribution < 1.29 is 18.7 Å². The van der Waals surface area contributed by atoms with E-state index >= 15 is 0 Å². The van der Waals surface area contributed by atoms with Crippen LogP contribution in [0.4, 0.5) is 8.78 Å². The van der Waals surface area contributed by atoms with Gasteiger partial charge >= 0.3 is 4.87 Å². The van der Waals surface area contributed by atoms with Crippen LogP contribution in [0, 0.1) is 11.6 Å². The molecule has 0 atom stereocenters. The molecule has 0 spiro atoms. The van der Waals surface area contributed by atoms with Crippen molar-refractivity contribution in [1.82, 2.24) is 15.2 Å². The summed E-state index contributed by atoms with van der Waals surface area (Å²) in [7, 11) is 0. The largest absolute Gasteiger partial charge is 0.506 e. The average molecular weight is 546 g/mol. The van der Waals surface area contributed by atoms with Crippen LogP contribution in [0.1, 0.15) is 68.9 Å². The van der Waals surface area contributed by atoms with Crippen LogP contribution in [0.3, 0.4) is 0 Å². The number of benzene rings is 2. The number of hydrogen-bond acceptors (Lipinski definition) is 5. The average Bonchev–Trinajstić information content (AvgIpc) is 3.32. The van der Waals surface area contributed by atoms with E-state index in [1.54, 1.807) is 6.07 Å². The molecule has 1 fully saturated rings. The molecule has 1 heterocycles. The smallest absolute Gasteiger partial charge is 0.305 e. The number of unbranched alkanes of at least 4 members (excludes halogenated alkanes) is 2. The number of aryl methyl sites for hydroxylation is 1. The number of nitrogens with one attached hydrogen (secondary N) is 2. The lowest BCUT2D eigenvalue weighted by Gasteiger charge is -2.34. The number of aromatic hydroxyl groups is 1. The van der Waals surface area contributed by atoms with Crippen molar-refractivity contribution in [3.8, 4) is 5.75 Å². The zero-order valence-corrected chi connectivity index (χ0v) is 22.6. The molecule has 1 amide bonds. The van der Waals surface area contributed by atoms with E-state index in [1.165, 1.54) is 12.5 Å². The molecule has 3 N–H and O–H groups in total. The Morgan fingerprint density at radius 3 is 2.66 bits per heavy atom. The Morgan fingerprint density at radius 1 is 1.03 bits per heavy atom. The lowest BCUT2D eigenvalue weighted by Crippen LogP contribution is -2.43. The number of aromatic amines is 1. The topological polar surface area (TPSA) is 85.4 Å². The minimum Gasteiger partial charge on any atom is -0.506 e. The van der Waals surface area contributed by atoms with Crippen LogP contribution < -0.4 is 10.2 Å². The highest BCUT2D eigenvalue weighted by Crippen LogP contribution is 2.29. The maximum atomic E-state index is 13.8. The third-order valence-electron chi connectivity index (χ3n) is 7.41. The number of phenols is 1. The van der Waals surface area contributed by atoms with Gasteiger partial charge in [0.1, 0.15) is 22.9 Å². The molecule has 2 aromatic carbocycles. The Balaban J connectivity index is 1.22. The monoisotopic (exact) mass is 545 g/mol. The predicted octanol–water partition coefficient (Wildman–Crippen LogP) is 5.67. The van der Waals surface area contributed by atoms with Gasteiger partial charge in [-0.2, -0.15) is 0 Å². The molecule has 0 bridgehead atoms. The van der Waals surface area contributed by atoms with Crippen molar-refractivity contribution in [3.63, 3.8) is 0 Å². The van der Waals surface area contributed by atoms with E-state index in [1.807, 2.05) is 6.07 Å². The van der Waals surface area contributed by atoms with E-state index < -0.39 is 11.6 Å². The lowest BCUT2D eigenvalue weighted by atomic mass is 9.93. The summed E-state index contributed by atoms with van der Waals surface area (Å²) in [6, 6.07) is 7.29. The second-order valence-corrected chi connectivity index (χ2v) is 11.1. The van der Waals surface area contributed by atoms with Crippen molar-refractivity contribution in [3.05, 3.63) is 62.8 Å². The second kappa shape index (κ2) is 13.8. The number of nitrogens with zero attached hydrogens (tertiary/aromatic N) is 1. The van der Waals surface area contributed by atoms with Gasteiger partial charge in [-0.25, -0.2) is 8.78 Å². The first-order chi connectivity index (χ1) is 18.4. The Bertz CT molecular complexity index is 1270. The zero-order chi connectivity index (χ0) is 26.9. The third-order valence-corrected chi connectivity index (χ3v) is 8.37. The van der Waals surface area contributed by atoms with E-state index in [0.29, 0.717) is 43.1 Å². The third kappa shape index (κ3) is 7.63. The number of carbonyl (C=O) groups is 1. The van der Waals surface area contributed by atoms with Crippen molar-refractivity contribution in [2.24, 2.45) is 0 Å². The fraction of sp³-hybridized carbons (Fsp3) is 0.517. The Kier molecular flexibility index (Phi) is 10.3. The minimum atomic E-state index is -0.447. The van der Waals surface area contributed by atoms with Gasteiger partial charge in [0.05, 0.1) is 4.70 Å². The van der Waals surface area contributed by atoms with Crippen molar-refractivity contribution in [1.29, 1.82) is 0 Å². The Morgan fingerprint density at radius 2 is 1.84 bits per heavy atom. The molecule has 0 unspecified atom stereocenters. The molecule has 3 aromatic rings. The van der Waals surface area contributed by atoms with Gasteiger partial charge in [0.15, 0.2) is 0 Å². The van der Waals surface area contributed by atoms with Crippen molar-refractivity contribution in [2.75, 3.05) is 19.6 Å². The van der Waals surface area contributed by atoms with Gasteiger partial charge in [-0.1, -0.05) is 43.1 Å². The molecular weight excluding hydrogens is 508 g/mol. The molecule has 1 aliphatic carbocycles. The van der Waals surface area contributed by atoms with E-state index in [-0.39, 0.29) is 16.5 Å². The number of halogens is 2. The van der Waals surface area contributed by atoms with E-state index in [2.05, 4.69) is 15.2 Å². The quantitative estimate of drug-likeness (QED) is 0.242. The second-order valence-electron chi connectivity index (χ2n) is 10.1. The summed E-state index contributed by atoms with van der Waals surface area (Å²) in [6.07, 6.45) is 10.0. The van der Waals surface area contributed by atoms with Gasteiger partial charge in [0.25, 0.3) is 0 Å². The number of carbonyl (C=O) groups excluding carboxylic acids is 1. The number of rotatable bonds is 13. The highest BCUT2D eigenvalue weighted by atomic mass is 32.1. The van der Waals surface area contributed by atoms with Crippen LogP contribution in [0.5, 0.6) is 5.75 Å². The van der Waals surface area contributed by atoms with Gasteiger partial charge in [0, 0.05) is 25.6 Å². The first-order valence-corrected chi connectivity index (χ1v) is 14.5. The van der Waals surface area contributed by atoms with Crippen molar-refractivity contribution >= 4 is 27.5 Å². The Hall–Kier alpha value is -2.78. The van der Waals surface area contributed by atoms with Gasteiger partial charge in [-0.05, 0) is 80.5 Å². The summed E-state index contributed by atoms with van der Waals surface area (Å²) < 4.78 is 28.0. The van der Waals surface area contributed by atoms with E-state index in [9.17, 15) is 23.5 Å². The molecule has 0 aliphatic heterocycles. The molecule has 9 heteroatoms.